The lowest BCUT2D eigenvalue weighted by molar-refractivity contribution is -0.127. The number of carbonyl (C=O) groups excluding carboxylic acids is 1. The van der Waals surface area contributed by atoms with Crippen molar-refractivity contribution in [3.63, 3.8) is 0 Å². The number of nitrogens with zero attached hydrogens (tertiary/aromatic N) is 1. The van der Waals surface area contributed by atoms with Gasteiger partial charge in [0.2, 0.25) is 5.91 Å². The maximum Gasteiger partial charge on any atom is 0.225 e. The van der Waals surface area contributed by atoms with Gasteiger partial charge < -0.3 is 20.5 Å². The van der Waals surface area contributed by atoms with Crippen LogP contribution in [0.3, 0.4) is 0 Å². The average Bonchev–Trinajstić information content (AvgIpc) is 3.29. The van der Waals surface area contributed by atoms with Gasteiger partial charge in [0, 0.05) is 37.8 Å². The molecule has 2 saturated carbocycles. The molecule has 4 rings (SSSR count). The second kappa shape index (κ2) is 8.59. The molecule has 3 fully saturated rings. The Bertz CT molecular complexity index is 645. The highest BCUT2D eigenvalue weighted by atomic mass is 16.5. The molecule has 6 nitrogen and oxygen atoms in total. The highest BCUT2D eigenvalue weighted by Gasteiger charge is 2.48. The van der Waals surface area contributed by atoms with Crippen molar-refractivity contribution in [3.8, 4) is 5.75 Å². The molecule has 0 aromatic heterocycles. The molecule has 27 heavy (non-hydrogen) atoms. The van der Waals surface area contributed by atoms with E-state index in [1.807, 2.05) is 24.3 Å². The molecule has 1 aliphatic heterocycles. The lowest BCUT2D eigenvalue weighted by Crippen LogP contribution is -2.45. The minimum atomic E-state index is -0.0156. The van der Waals surface area contributed by atoms with Gasteiger partial charge in [-0.2, -0.15) is 0 Å². The fraction of sp³-hybridized carbons (Fsp3) is 0.667. The average molecular weight is 373 g/mol. The van der Waals surface area contributed by atoms with E-state index in [9.17, 15) is 4.79 Å². The Morgan fingerprint density at radius 2 is 2.00 bits per heavy atom. The van der Waals surface area contributed by atoms with E-state index in [0.717, 1.165) is 57.0 Å². The van der Waals surface area contributed by atoms with Crippen LogP contribution < -0.4 is 15.8 Å². The number of hydrogen-bond donors (Lipinski definition) is 2. The summed E-state index contributed by atoms with van der Waals surface area (Å²) in [7, 11) is 0. The normalized spacial score (nSPS) is 30.4. The van der Waals surface area contributed by atoms with E-state index >= 15 is 0 Å². The number of carbonyl (C=O) groups is 1. The first-order valence-corrected chi connectivity index (χ1v) is 10.3. The van der Waals surface area contributed by atoms with Crippen molar-refractivity contribution in [3.05, 3.63) is 29.8 Å². The Labute approximate surface area is 161 Å². The third-order valence-electron chi connectivity index (χ3n) is 6.48. The van der Waals surface area contributed by atoms with Crippen LogP contribution in [0.15, 0.2) is 24.3 Å². The van der Waals surface area contributed by atoms with E-state index in [-0.39, 0.29) is 17.9 Å². The van der Waals surface area contributed by atoms with E-state index in [1.54, 1.807) is 0 Å². The highest BCUT2D eigenvalue weighted by molar-refractivity contribution is 5.80. The van der Waals surface area contributed by atoms with E-state index < -0.39 is 0 Å². The molecule has 4 atom stereocenters. The van der Waals surface area contributed by atoms with Gasteiger partial charge in [-0.3, -0.25) is 9.69 Å². The number of amides is 1. The Morgan fingerprint density at radius 3 is 2.78 bits per heavy atom. The first kappa shape index (κ1) is 18.7. The van der Waals surface area contributed by atoms with Crippen LogP contribution >= 0.6 is 0 Å². The van der Waals surface area contributed by atoms with E-state index in [4.69, 9.17) is 15.2 Å². The molecule has 1 aromatic rings. The third kappa shape index (κ3) is 4.28. The SMILES string of the molecule is NC1C2CCC(C2)C1C(=O)NCc1ccccc1OCCN1CCOCC1. The first-order valence-electron chi connectivity index (χ1n) is 10.3. The van der Waals surface area contributed by atoms with Gasteiger partial charge >= 0.3 is 0 Å². The molecule has 2 aliphatic carbocycles. The molecule has 1 amide bonds. The number of nitrogens with two attached hydrogens (primary N) is 1. The molecule has 3 N–H and O–H groups in total. The number of rotatable bonds is 7. The van der Waals surface area contributed by atoms with Crippen LogP contribution in [0.4, 0.5) is 0 Å². The lowest BCUT2D eigenvalue weighted by Gasteiger charge is -2.27. The van der Waals surface area contributed by atoms with Crippen LogP contribution in [0, 0.1) is 17.8 Å². The van der Waals surface area contributed by atoms with Crippen LogP contribution in [0.2, 0.25) is 0 Å². The summed E-state index contributed by atoms with van der Waals surface area (Å²) in [6.45, 7) is 5.55. The molecule has 1 heterocycles. The summed E-state index contributed by atoms with van der Waals surface area (Å²) in [5.74, 6) is 1.96. The molecule has 148 valence electrons. The number of ether oxygens (including phenoxy) is 2. The zero-order chi connectivity index (χ0) is 18.6. The zero-order valence-electron chi connectivity index (χ0n) is 15.9. The largest absolute Gasteiger partial charge is 0.492 e. The van der Waals surface area contributed by atoms with Crippen molar-refractivity contribution in [2.24, 2.45) is 23.5 Å². The van der Waals surface area contributed by atoms with Crippen LogP contribution in [-0.2, 0) is 16.1 Å². The fourth-order valence-electron chi connectivity index (χ4n) is 4.93. The van der Waals surface area contributed by atoms with Crippen molar-refractivity contribution in [1.82, 2.24) is 10.2 Å². The van der Waals surface area contributed by atoms with Gasteiger partial charge in [0.1, 0.15) is 12.4 Å². The van der Waals surface area contributed by atoms with E-state index in [1.165, 1.54) is 6.42 Å². The third-order valence-corrected chi connectivity index (χ3v) is 6.48. The van der Waals surface area contributed by atoms with Crippen molar-refractivity contribution >= 4 is 5.91 Å². The molecule has 1 aromatic carbocycles. The Morgan fingerprint density at radius 1 is 1.22 bits per heavy atom. The van der Waals surface area contributed by atoms with Gasteiger partial charge in [0.05, 0.1) is 19.1 Å². The second-order valence-electron chi connectivity index (χ2n) is 8.06. The lowest BCUT2D eigenvalue weighted by atomic mass is 9.84. The molecule has 2 bridgehead atoms. The highest BCUT2D eigenvalue weighted by Crippen LogP contribution is 2.47. The fourth-order valence-corrected chi connectivity index (χ4v) is 4.93. The van der Waals surface area contributed by atoms with Crippen LogP contribution in [0.25, 0.3) is 0 Å². The van der Waals surface area contributed by atoms with Crippen LogP contribution in [-0.4, -0.2) is 56.3 Å². The van der Waals surface area contributed by atoms with Crippen molar-refractivity contribution in [2.75, 3.05) is 39.5 Å². The molecule has 3 aliphatic rings. The topological polar surface area (TPSA) is 76.8 Å². The van der Waals surface area contributed by atoms with Gasteiger partial charge in [0.25, 0.3) is 0 Å². The van der Waals surface area contributed by atoms with Crippen molar-refractivity contribution in [1.29, 1.82) is 0 Å². The minimum absolute atomic E-state index is 0.0156. The zero-order valence-corrected chi connectivity index (χ0v) is 15.9. The maximum absolute atomic E-state index is 12.7. The Balaban J connectivity index is 1.28. The van der Waals surface area contributed by atoms with Gasteiger partial charge in [0.15, 0.2) is 0 Å². The van der Waals surface area contributed by atoms with E-state index in [2.05, 4.69) is 10.2 Å². The smallest absolute Gasteiger partial charge is 0.225 e. The number of morpholine rings is 1. The number of nitrogens with one attached hydrogen (secondary N) is 1. The quantitative estimate of drug-likeness (QED) is 0.755. The summed E-state index contributed by atoms with van der Waals surface area (Å²) in [5.41, 5.74) is 7.32. The summed E-state index contributed by atoms with van der Waals surface area (Å²) >= 11 is 0. The Hall–Kier alpha value is -1.63. The van der Waals surface area contributed by atoms with Crippen LogP contribution in [0.1, 0.15) is 24.8 Å². The standard InChI is InChI=1S/C21H31N3O3/c22-20-16-6-5-15(13-16)19(20)21(25)23-14-17-3-1-2-4-18(17)27-12-9-24-7-10-26-11-8-24/h1-4,15-16,19-20H,5-14,22H2,(H,23,25). The number of hydrogen-bond acceptors (Lipinski definition) is 5. The molecular formula is C21H31N3O3. The van der Waals surface area contributed by atoms with Gasteiger partial charge in [-0.1, -0.05) is 18.2 Å². The summed E-state index contributed by atoms with van der Waals surface area (Å²) in [6, 6.07) is 7.99. The predicted octanol–water partition coefficient (Wildman–Crippen LogP) is 1.39. The monoisotopic (exact) mass is 373 g/mol. The first-order chi connectivity index (χ1) is 13.2. The maximum atomic E-state index is 12.7. The Kier molecular flexibility index (Phi) is 5.95. The molecular weight excluding hydrogens is 342 g/mol. The summed E-state index contributed by atoms with van der Waals surface area (Å²) in [6.07, 6.45) is 3.47. The summed E-state index contributed by atoms with van der Waals surface area (Å²) in [5, 5.41) is 3.11. The van der Waals surface area contributed by atoms with E-state index in [0.29, 0.717) is 25.0 Å². The summed E-state index contributed by atoms with van der Waals surface area (Å²) in [4.78, 5) is 15.1. The number of fused-ring (bicyclic) bond motifs is 2. The minimum Gasteiger partial charge on any atom is -0.492 e. The van der Waals surface area contributed by atoms with Crippen molar-refractivity contribution in [2.45, 2.75) is 31.8 Å². The second-order valence-corrected chi connectivity index (χ2v) is 8.06. The molecule has 0 radical (unpaired) electrons. The molecule has 1 saturated heterocycles. The molecule has 4 unspecified atom stereocenters. The van der Waals surface area contributed by atoms with Gasteiger partial charge in [-0.15, -0.1) is 0 Å². The van der Waals surface area contributed by atoms with Gasteiger partial charge in [-0.25, -0.2) is 0 Å². The number of para-hydroxylation sites is 1. The molecule has 6 heteroatoms. The van der Waals surface area contributed by atoms with Crippen molar-refractivity contribution < 1.29 is 14.3 Å². The predicted molar refractivity (Wildman–Crippen MR) is 103 cm³/mol. The van der Waals surface area contributed by atoms with Crippen LogP contribution in [0.5, 0.6) is 5.75 Å². The molecule has 0 spiro atoms. The van der Waals surface area contributed by atoms with Gasteiger partial charge in [-0.05, 0) is 37.2 Å². The summed E-state index contributed by atoms with van der Waals surface area (Å²) < 4.78 is 11.4. The number of benzene rings is 1.